The van der Waals surface area contributed by atoms with Crippen LogP contribution in [-0.4, -0.2) is 27.8 Å². The number of hydrogen-bond donors (Lipinski definition) is 0. The molecule has 0 saturated heterocycles. The number of ether oxygens (including phenoxy) is 1. The van der Waals surface area contributed by atoms with E-state index >= 15 is 0 Å². The van der Waals surface area contributed by atoms with Gasteiger partial charge in [-0.1, -0.05) is 11.6 Å². The molecule has 169 valence electrons. The minimum absolute atomic E-state index is 0.0443. The van der Waals surface area contributed by atoms with Gasteiger partial charge >= 0.3 is 15.6 Å². The molecule has 2 atom stereocenters. The van der Waals surface area contributed by atoms with E-state index in [2.05, 4.69) is 10.3 Å². The Hall–Kier alpha value is -1.68. The lowest BCUT2D eigenvalue weighted by molar-refractivity contribution is -0.0500. The second-order valence-corrected chi connectivity index (χ2v) is 15.4. The molecular weight excluding hydrogens is 437 g/mol. The summed E-state index contributed by atoms with van der Waals surface area (Å²) in [5.74, 6) is 0.233. The van der Waals surface area contributed by atoms with Crippen molar-refractivity contribution in [1.82, 2.24) is 0 Å². The van der Waals surface area contributed by atoms with Crippen LogP contribution in [0.3, 0.4) is 0 Å². The number of rotatable bonds is 4. The lowest BCUT2D eigenvalue weighted by Gasteiger charge is -2.48. The Balaban J connectivity index is 2.19. The summed E-state index contributed by atoms with van der Waals surface area (Å²) >= 11 is 0. The topological polar surface area (TPSA) is 61.8 Å². The highest BCUT2D eigenvalue weighted by Gasteiger charge is 2.49. The fourth-order valence-corrected chi connectivity index (χ4v) is 5.39. The average molecular weight is 465 g/mol. The van der Waals surface area contributed by atoms with Crippen LogP contribution in [0, 0.1) is 5.92 Å². The molecule has 0 fully saturated rings. The van der Waals surface area contributed by atoms with Crippen molar-refractivity contribution in [2.45, 2.75) is 70.3 Å². The minimum atomic E-state index is -5.81. The molecule has 0 saturated carbocycles. The van der Waals surface area contributed by atoms with Gasteiger partial charge in [0.2, 0.25) is 0 Å². The van der Waals surface area contributed by atoms with Crippen LogP contribution in [0.5, 0.6) is 17.2 Å². The van der Waals surface area contributed by atoms with E-state index in [-0.39, 0.29) is 17.6 Å². The first-order chi connectivity index (χ1) is 13.5. The normalized spacial score (nSPS) is 23.6. The molecule has 30 heavy (non-hydrogen) atoms. The van der Waals surface area contributed by atoms with Gasteiger partial charge in [-0.25, -0.2) is 0 Å². The van der Waals surface area contributed by atoms with Crippen LogP contribution < -0.4 is 13.3 Å². The lowest BCUT2D eigenvalue weighted by Crippen LogP contribution is -2.45. The molecule has 0 radical (unpaired) electrons. The summed E-state index contributed by atoms with van der Waals surface area (Å²) in [6, 6.07) is 2.45. The average Bonchev–Trinajstić information content (AvgIpc) is 2.50. The second kappa shape index (κ2) is 7.18. The second-order valence-electron chi connectivity index (χ2n) is 9.42. The Labute approximate surface area is 176 Å². The molecule has 0 N–H and O–H groups in total. The van der Waals surface area contributed by atoms with Crippen molar-refractivity contribution in [3.05, 3.63) is 29.3 Å². The molecule has 1 aromatic rings. The first-order valence-electron chi connectivity index (χ1n) is 9.74. The maximum absolute atomic E-state index is 12.8. The summed E-state index contributed by atoms with van der Waals surface area (Å²) < 4.78 is 78.4. The van der Waals surface area contributed by atoms with E-state index in [0.29, 0.717) is 5.75 Å². The molecule has 2 aliphatic rings. The van der Waals surface area contributed by atoms with E-state index in [4.69, 9.17) is 9.16 Å². The number of halogens is 3. The zero-order chi connectivity index (χ0) is 22.7. The van der Waals surface area contributed by atoms with Gasteiger partial charge in [0.25, 0.3) is 0 Å². The van der Waals surface area contributed by atoms with Crippen molar-refractivity contribution in [2.24, 2.45) is 5.92 Å². The van der Waals surface area contributed by atoms with Gasteiger partial charge in [0.15, 0.2) is 0 Å². The summed E-state index contributed by atoms with van der Waals surface area (Å²) in [7, 11) is -8.00. The number of allylic oxidation sites excluding steroid dienone is 2. The van der Waals surface area contributed by atoms with Gasteiger partial charge < -0.3 is 13.3 Å². The Morgan fingerprint density at radius 2 is 1.83 bits per heavy atom. The molecule has 0 amide bonds. The number of benzene rings is 1. The highest BCUT2D eigenvalue weighted by atomic mass is 32.2. The zero-order valence-corrected chi connectivity index (χ0v) is 19.7. The maximum Gasteiger partial charge on any atom is 0.534 e. The molecule has 0 unspecified atom stereocenters. The van der Waals surface area contributed by atoms with E-state index < -0.39 is 35.3 Å². The Bertz CT molecular complexity index is 977. The van der Waals surface area contributed by atoms with Gasteiger partial charge in [0.1, 0.15) is 17.1 Å². The van der Waals surface area contributed by atoms with Crippen LogP contribution in [0.2, 0.25) is 19.6 Å². The minimum Gasteiger partial charge on any atom is -0.689 e. The molecule has 0 bridgehead atoms. The van der Waals surface area contributed by atoms with E-state index in [1.54, 1.807) is 0 Å². The van der Waals surface area contributed by atoms with Crippen LogP contribution >= 0.6 is 0 Å². The lowest BCUT2D eigenvalue weighted by atomic mass is 9.68. The van der Waals surface area contributed by atoms with Crippen molar-refractivity contribution >= 4 is 18.4 Å². The largest absolute Gasteiger partial charge is 0.689 e. The predicted molar refractivity (Wildman–Crippen MR) is 110 cm³/mol. The van der Waals surface area contributed by atoms with Gasteiger partial charge in [-0.3, -0.25) is 0 Å². The van der Waals surface area contributed by atoms with Crippen molar-refractivity contribution in [2.75, 3.05) is 0 Å². The summed E-state index contributed by atoms with van der Waals surface area (Å²) in [5.41, 5.74) is -4.17. The Morgan fingerprint density at radius 3 is 2.40 bits per heavy atom. The molecule has 1 heterocycles. The van der Waals surface area contributed by atoms with Crippen LogP contribution in [0.4, 0.5) is 13.2 Å². The first kappa shape index (κ1) is 23.0. The summed E-state index contributed by atoms with van der Waals surface area (Å²) in [5, 5.41) is 0. The van der Waals surface area contributed by atoms with Gasteiger partial charge in [-0.2, -0.15) is 21.6 Å². The van der Waals surface area contributed by atoms with Crippen LogP contribution in [0.25, 0.3) is 0 Å². The number of alkyl halides is 3. The Kier molecular flexibility index (Phi) is 5.51. The zero-order valence-electron chi connectivity index (χ0n) is 17.9. The highest BCUT2D eigenvalue weighted by Crippen LogP contribution is 2.54. The molecule has 0 spiro atoms. The predicted octanol–water partition coefficient (Wildman–Crippen LogP) is 5.74. The fourth-order valence-electron chi connectivity index (χ4n) is 4.12. The Morgan fingerprint density at radius 1 is 1.20 bits per heavy atom. The van der Waals surface area contributed by atoms with Crippen molar-refractivity contribution in [3.8, 4) is 17.2 Å². The molecular formula is C20H27F3O5SSi-. The molecule has 3 rings (SSSR count). The molecule has 5 nitrogen and oxygen atoms in total. The van der Waals surface area contributed by atoms with Crippen molar-refractivity contribution in [3.63, 3.8) is 0 Å². The molecule has 1 aliphatic carbocycles. The molecule has 1 aromatic carbocycles. The number of fused-ring (bicyclic) bond motifs is 3. The standard InChI is InChI=1S/C20H27F3O5SSi/c1-12-7-8-15-14(9-12)18-16(26-19(15,2)3)10-13(11-17(18)28-30(4,5)6)27-29(24,25)20(21,22)23/h9-11,14-15H,7-8H2,1-6H3/q-1/t14-,15-/m1/s1. The smallest absolute Gasteiger partial charge is 0.534 e. The maximum atomic E-state index is 12.8. The van der Waals surface area contributed by atoms with E-state index in [0.717, 1.165) is 18.4 Å². The van der Waals surface area contributed by atoms with Crippen molar-refractivity contribution < 1.29 is 34.9 Å². The summed E-state index contributed by atoms with van der Waals surface area (Å²) in [6.45, 7) is 11.7. The third-order valence-electron chi connectivity index (χ3n) is 5.33. The SMILES string of the molecule is CC1=C[C@H]2c3c(cc(OS(=O)(=O)C(F)(F)F)cc3O[Si-](C)(C)C)OC(C)(C)[C@@H]2CC1. The van der Waals surface area contributed by atoms with Gasteiger partial charge in [-0.15, -0.1) is 19.6 Å². The quantitative estimate of drug-likeness (QED) is 0.246. The third kappa shape index (κ3) is 4.49. The van der Waals surface area contributed by atoms with Crippen LogP contribution in [0.15, 0.2) is 23.8 Å². The molecule has 1 aliphatic heterocycles. The van der Waals surface area contributed by atoms with E-state index in [1.807, 2.05) is 40.4 Å². The summed E-state index contributed by atoms with van der Waals surface area (Å²) in [4.78, 5) is 0. The number of hydrogen-bond acceptors (Lipinski definition) is 5. The van der Waals surface area contributed by atoms with Crippen LogP contribution in [-0.2, 0) is 10.1 Å². The molecule has 0 aromatic heterocycles. The van der Waals surface area contributed by atoms with Gasteiger partial charge in [0.05, 0.1) is 5.75 Å². The van der Waals surface area contributed by atoms with E-state index in [9.17, 15) is 21.6 Å². The highest BCUT2D eigenvalue weighted by molar-refractivity contribution is 7.88. The van der Waals surface area contributed by atoms with Crippen LogP contribution in [0.1, 0.15) is 45.1 Å². The third-order valence-corrected chi connectivity index (χ3v) is 7.14. The summed E-state index contributed by atoms with van der Waals surface area (Å²) in [6.07, 6.45) is 4.01. The van der Waals surface area contributed by atoms with Crippen molar-refractivity contribution in [1.29, 1.82) is 0 Å². The fraction of sp³-hybridized carbons (Fsp3) is 0.600. The first-order valence-corrected chi connectivity index (χ1v) is 14.6. The molecule has 10 heteroatoms. The van der Waals surface area contributed by atoms with Gasteiger partial charge in [-0.05, 0) is 33.6 Å². The van der Waals surface area contributed by atoms with Gasteiger partial charge in [0, 0.05) is 37.8 Å². The monoisotopic (exact) mass is 464 g/mol. The van der Waals surface area contributed by atoms with E-state index in [1.165, 1.54) is 17.7 Å².